The Morgan fingerprint density at radius 3 is 1.57 bits per heavy atom. The normalized spacial score (nSPS) is 13.2. The number of hydrogen-bond acceptors (Lipinski definition) is 0. The molecule has 0 bridgehead atoms. The monoisotopic (exact) mass is 424 g/mol. The highest BCUT2D eigenvalue weighted by molar-refractivity contribution is 7.68. The molecular formula is C29H45P. The Balaban J connectivity index is 3.07. The van der Waals surface area contributed by atoms with Crippen molar-refractivity contribution >= 4 is 13.2 Å². The Labute approximate surface area is 188 Å². The molecule has 0 aliphatic carbocycles. The Hall–Kier alpha value is -1.13. The summed E-state index contributed by atoms with van der Waals surface area (Å²) in [6.07, 6.45) is 0. The fourth-order valence-corrected chi connectivity index (χ4v) is 9.10. The molecule has 0 saturated heterocycles. The summed E-state index contributed by atoms with van der Waals surface area (Å²) in [5.41, 5.74) is 7.44. The first kappa shape index (κ1) is 25.1. The van der Waals surface area contributed by atoms with E-state index in [2.05, 4.69) is 119 Å². The zero-order chi connectivity index (χ0) is 23.0. The van der Waals surface area contributed by atoms with Crippen LogP contribution in [0.1, 0.15) is 118 Å². The lowest BCUT2D eigenvalue weighted by molar-refractivity contribution is 0.714. The summed E-state index contributed by atoms with van der Waals surface area (Å²) in [7, 11) is -0.396. The van der Waals surface area contributed by atoms with Gasteiger partial charge in [-0.2, -0.15) is 0 Å². The van der Waals surface area contributed by atoms with E-state index in [1.807, 2.05) is 0 Å². The summed E-state index contributed by atoms with van der Waals surface area (Å²) >= 11 is 0. The second-order valence-corrected chi connectivity index (χ2v) is 15.6. The molecule has 0 nitrogen and oxygen atoms in total. The number of rotatable bonds is 5. The first-order valence-electron chi connectivity index (χ1n) is 11.7. The lowest BCUT2D eigenvalue weighted by Gasteiger charge is -2.43. The largest absolute Gasteiger partial charge is 0.0636 e. The van der Waals surface area contributed by atoms with Gasteiger partial charge < -0.3 is 0 Å². The molecule has 0 radical (unpaired) electrons. The minimum atomic E-state index is -0.396. The van der Waals surface area contributed by atoms with Crippen LogP contribution in [0.15, 0.2) is 36.4 Å². The van der Waals surface area contributed by atoms with Gasteiger partial charge in [0.1, 0.15) is 0 Å². The maximum absolute atomic E-state index is 2.57. The van der Waals surface area contributed by atoms with Crippen molar-refractivity contribution < 1.29 is 0 Å². The topological polar surface area (TPSA) is 0 Å². The van der Waals surface area contributed by atoms with Crippen molar-refractivity contribution in [2.75, 3.05) is 0 Å². The van der Waals surface area contributed by atoms with Gasteiger partial charge in [-0.05, 0) is 61.2 Å². The Morgan fingerprint density at radius 2 is 1.13 bits per heavy atom. The van der Waals surface area contributed by atoms with Gasteiger partial charge in [0.05, 0.1) is 0 Å². The van der Waals surface area contributed by atoms with Gasteiger partial charge in [-0.15, -0.1) is 0 Å². The minimum absolute atomic E-state index is 0.235. The summed E-state index contributed by atoms with van der Waals surface area (Å²) in [5, 5.41) is 2.07. The lowest BCUT2D eigenvalue weighted by atomic mass is 9.85. The van der Waals surface area contributed by atoms with Gasteiger partial charge in [0, 0.05) is 0 Å². The van der Waals surface area contributed by atoms with Crippen LogP contribution in [0.3, 0.4) is 0 Å². The zero-order valence-corrected chi connectivity index (χ0v) is 22.5. The maximum Gasteiger partial charge on any atom is -0.00688 e. The Morgan fingerprint density at radius 1 is 0.633 bits per heavy atom. The van der Waals surface area contributed by atoms with E-state index in [1.165, 1.54) is 27.8 Å². The van der Waals surface area contributed by atoms with Crippen LogP contribution >= 0.6 is 7.92 Å². The van der Waals surface area contributed by atoms with Gasteiger partial charge in [-0.1, -0.05) is 127 Å². The average molecular weight is 425 g/mol. The third-order valence-corrected chi connectivity index (χ3v) is 9.41. The molecule has 2 rings (SSSR count). The number of benzene rings is 2. The Kier molecular flexibility index (Phi) is 7.67. The number of hydrogen-bond donors (Lipinski definition) is 0. The van der Waals surface area contributed by atoms with E-state index in [1.54, 1.807) is 5.30 Å². The third-order valence-electron chi connectivity index (χ3n) is 5.89. The molecule has 0 heterocycles. The summed E-state index contributed by atoms with van der Waals surface area (Å²) in [6, 6.07) is 14.2. The first-order valence-corrected chi connectivity index (χ1v) is 13.1. The molecule has 0 amide bonds. The molecule has 0 N–H and O–H groups in total. The van der Waals surface area contributed by atoms with E-state index >= 15 is 0 Å². The molecule has 0 aromatic heterocycles. The van der Waals surface area contributed by atoms with Gasteiger partial charge in [0.15, 0.2) is 0 Å². The van der Waals surface area contributed by atoms with Crippen LogP contribution in [-0.4, -0.2) is 10.3 Å². The van der Waals surface area contributed by atoms with Crippen LogP contribution in [0.5, 0.6) is 0 Å². The molecule has 0 fully saturated rings. The van der Waals surface area contributed by atoms with Crippen LogP contribution in [-0.2, 0) is 0 Å². The fraction of sp³-hybridized carbons (Fsp3) is 0.586. The molecule has 0 aliphatic rings. The molecule has 30 heavy (non-hydrogen) atoms. The van der Waals surface area contributed by atoms with Crippen molar-refractivity contribution in [2.45, 2.75) is 111 Å². The van der Waals surface area contributed by atoms with Gasteiger partial charge in [0.2, 0.25) is 0 Å². The van der Waals surface area contributed by atoms with Crippen molar-refractivity contribution in [2.24, 2.45) is 0 Å². The van der Waals surface area contributed by atoms with E-state index in [9.17, 15) is 0 Å². The predicted molar refractivity (Wildman–Crippen MR) is 140 cm³/mol. The maximum atomic E-state index is 2.57. The first-order chi connectivity index (χ1) is 13.7. The standard InChI is InChI=1S/C29H45P/c1-19(2)22-17-25(21(5)6)27(24-16-14-13-15-23(24)20(3)4)26(18-22)30(28(7,8)9)29(10,11)12/h13-21H,1-12H3. The van der Waals surface area contributed by atoms with Crippen molar-refractivity contribution in [3.05, 3.63) is 53.1 Å². The average Bonchev–Trinajstić information content (AvgIpc) is 2.58. The van der Waals surface area contributed by atoms with Gasteiger partial charge in [0.25, 0.3) is 0 Å². The second kappa shape index (κ2) is 9.16. The smallest absolute Gasteiger partial charge is 0.00688 e. The van der Waals surface area contributed by atoms with E-state index in [0.29, 0.717) is 17.8 Å². The quantitative estimate of drug-likeness (QED) is 0.419. The van der Waals surface area contributed by atoms with Gasteiger partial charge >= 0.3 is 0 Å². The predicted octanol–water partition coefficient (Wildman–Crippen LogP) is 9.43. The second-order valence-electron chi connectivity index (χ2n) is 11.7. The lowest BCUT2D eigenvalue weighted by Crippen LogP contribution is -2.33. The third kappa shape index (κ3) is 5.37. The van der Waals surface area contributed by atoms with Gasteiger partial charge in [-0.3, -0.25) is 0 Å². The molecule has 0 aliphatic heterocycles. The summed E-state index contributed by atoms with van der Waals surface area (Å²) < 4.78 is 0. The van der Waals surface area contributed by atoms with Crippen molar-refractivity contribution in [1.82, 2.24) is 0 Å². The SMILES string of the molecule is CC(C)c1cc(C(C)C)c(-c2ccccc2C(C)C)c(P(C(C)(C)C)C(C)(C)C)c1. The van der Waals surface area contributed by atoms with E-state index < -0.39 is 7.92 Å². The highest BCUT2D eigenvalue weighted by atomic mass is 31.1. The summed E-state index contributed by atoms with van der Waals surface area (Å²) in [4.78, 5) is 0. The molecule has 0 spiro atoms. The van der Waals surface area contributed by atoms with Crippen LogP contribution in [0.25, 0.3) is 11.1 Å². The van der Waals surface area contributed by atoms with E-state index in [4.69, 9.17) is 0 Å². The van der Waals surface area contributed by atoms with Crippen molar-refractivity contribution in [1.29, 1.82) is 0 Å². The van der Waals surface area contributed by atoms with Crippen molar-refractivity contribution in [3.63, 3.8) is 0 Å². The van der Waals surface area contributed by atoms with Crippen LogP contribution in [0, 0.1) is 0 Å². The van der Waals surface area contributed by atoms with E-state index in [0.717, 1.165) is 0 Å². The van der Waals surface area contributed by atoms with Gasteiger partial charge in [-0.25, -0.2) is 0 Å². The Bertz CT molecular complexity index is 843. The molecule has 0 atom stereocenters. The van der Waals surface area contributed by atoms with E-state index in [-0.39, 0.29) is 10.3 Å². The molecule has 0 saturated carbocycles. The molecule has 166 valence electrons. The van der Waals surface area contributed by atoms with Crippen molar-refractivity contribution in [3.8, 4) is 11.1 Å². The van der Waals surface area contributed by atoms with Crippen LogP contribution in [0.4, 0.5) is 0 Å². The fourth-order valence-electron chi connectivity index (χ4n) is 4.89. The highest BCUT2D eigenvalue weighted by Crippen LogP contribution is 2.60. The molecule has 1 heteroatoms. The molecule has 0 unspecified atom stereocenters. The highest BCUT2D eigenvalue weighted by Gasteiger charge is 2.38. The molecule has 2 aromatic rings. The van der Waals surface area contributed by atoms with Crippen LogP contribution in [0.2, 0.25) is 0 Å². The van der Waals surface area contributed by atoms with Crippen LogP contribution < -0.4 is 5.30 Å². The minimum Gasteiger partial charge on any atom is -0.0636 e. The molecule has 2 aromatic carbocycles. The molecular weight excluding hydrogens is 379 g/mol. The summed E-state index contributed by atoms with van der Waals surface area (Å²) in [5.74, 6) is 1.54. The summed E-state index contributed by atoms with van der Waals surface area (Å²) in [6.45, 7) is 28.7. The zero-order valence-electron chi connectivity index (χ0n) is 21.6.